The van der Waals surface area contributed by atoms with Gasteiger partial charge in [0, 0.05) is 10.6 Å². The highest BCUT2D eigenvalue weighted by Crippen LogP contribution is 2.21. The number of carbonyl (C=O) groups excluding carboxylic acids is 2. The van der Waals surface area contributed by atoms with Crippen molar-refractivity contribution >= 4 is 29.3 Å². The van der Waals surface area contributed by atoms with Crippen LogP contribution in [-0.4, -0.2) is 24.2 Å². The Morgan fingerprint density at radius 1 is 1.21 bits per heavy atom. The predicted molar refractivity (Wildman–Crippen MR) is 92.9 cm³/mol. The van der Waals surface area contributed by atoms with Crippen molar-refractivity contribution in [3.63, 3.8) is 0 Å². The van der Waals surface area contributed by atoms with Gasteiger partial charge in [0.2, 0.25) is 0 Å². The molecule has 2 rings (SSSR count). The Morgan fingerprint density at radius 3 is 2.58 bits per heavy atom. The fourth-order valence-electron chi connectivity index (χ4n) is 2.01. The summed E-state index contributed by atoms with van der Waals surface area (Å²) in [5.41, 5.74) is 1.21. The van der Waals surface area contributed by atoms with Crippen molar-refractivity contribution in [1.29, 1.82) is 0 Å². The molecule has 1 atom stereocenters. The van der Waals surface area contributed by atoms with Gasteiger partial charge in [-0.3, -0.25) is 4.79 Å². The minimum Gasteiger partial charge on any atom is -0.449 e. The first-order valence-corrected chi connectivity index (χ1v) is 8.56. The first-order chi connectivity index (χ1) is 11.4. The molecule has 0 bridgehead atoms. The van der Waals surface area contributed by atoms with E-state index in [1.54, 1.807) is 37.3 Å². The fourth-order valence-corrected chi connectivity index (χ4v) is 2.59. The highest BCUT2D eigenvalue weighted by Gasteiger charge is 2.20. The first kappa shape index (κ1) is 18.0. The van der Waals surface area contributed by atoms with Crippen molar-refractivity contribution in [3.8, 4) is 0 Å². The maximum atomic E-state index is 13.5. The van der Waals surface area contributed by atoms with Gasteiger partial charge < -0.3 is 10.1 Å². The predicted octanol–water partition coefficient (Wildman–Crippen LogP) is 4.04. The summed E-state index contributed by atoms with van der Waals surface area (Å²) in [6.45, 7) is 3.11. The molecule has 0 aliphatic heterocycles. The van der Waals surface area contributed by atoms with Crippen molar-refractivity contribution in [1.82, 2.24) is 0 Å². The number of esters is 1. The highest BCUT2D eigenvalue weighted by molar-refractivity contribution is 7.98. The molecule has 0 saturated heterocycles. The summed E-state index contributed by atoms with van der Waals surface area (Å²) < 4.78 is 18.7. The van der Waals surface area contributed by atoms with Crippen molar-refractivity contribution < 1.29 is 18.7 Å². The third kappa shape index (κ3) is 4.35. The van der Waals surface area contributed by atoms with Gasteiger partial charge in [-0.15, -0.1) is 11.8 Å². The molecule has 24 heavy (non-hydrogen) atoms. The quantitative estimate of drug-likeness (QED) is 0.655. The fraction of sp³-hybridized carbons (Fsp3) is 0.222. The van der Waals surface area contributed by atoms with Crippen molar-refractivity contribution in [2.24, 2.45) is 0 Å². The lowest BCUT2D eigenvalue weighted by Gasteiger charge is -2.15. The second-order valence-corrected chi connectivity index (χ2v) is 6.05. The summed E-state index contributed by atoms with van der Waals surface area (Å²) in [5.74, 6) is -1.50. The van der Waals surface area contributed by atoms with Crippen LogP contribution in [0.3, 0.4) is 0 Å². The van der Waals surface area contributed by atoms with Gasteiger partial charge in [-0.1, -0.05) is 18.2 Å². The second kappa shape index (κ2) is 7.97. The molecule has 1 amide bonds. The van der Waals surface area contributed by atoms with E-state index in [9.17, 15) is 14.0 Å². The Kier molecular flexibility index (Phi) is 5.98. The summed E-state index contributed by atoms with van der Waals surface area (Å²) in [5, 5.41) is 2.53. The SMILES string of the molecule is CSc1ccccc1C(=O)O[C@H](C)C(=O)Nc1ccc(C)c(F)c1. The van der Waals surface area contributed by atoms with Crippen LogP contribution in [0.4, 0.5) is 10.1 Å². The van der Waals surface area contributed by atoms with Crippen molar-refractivity contribution in [3.05, 3.63) is 59.4 Å². The number of amides is 1. The number of anilines is 1. The molecule has 0 unspecified atom stereocenters. The summed E-state index contributed by atoms with van der Waals surface area (Å²) >= 11 is 1.42. The molecular formula is C18H18FNO3S. The molecule has 1 N–H and O–H groups in total. The number of nitrogens with one attached hydrogen (secondary N) is 1. The van der Waals surface area contributed by atoms with Crippen LogP contribution in [-0.2, 0) is 9.53 Å². The van der Waals surface area contributed by atoms with E-state index in [1.807, 2.05) is 12.3 Å². The van der Waals surface area contributed by atoms with E-state index in [-0.39, 0.29) is 0 Å². The number of hydrogen-bond donors (Lipinski definition) is 1. The maximum absolute atomic E-state index is 13.5. The van der Waals surface area contributed by atoms with Crippen LogP contribution in [0, 0.1) is 12.7 Å². The zero-order chi connectivity index (χ0) is 17.7. The molecule has 4 nitrogen and oxygen atoms in total. The number of ether oxygens (including phenoxy) is 1. The van der Waals surface area contributed by atoms with Crippen LogP contribution < -0.4 is 5.32 Å². The number of halogens is 1. The average Bonchev–Trinajstić information content (AvgIpc) is 2.57. The van der Waals surface area contributed by atoms with E-state index in [1.165, 1.54) is 24.8 Å². The highest BCUT2D eigenvalue weighted by atomic mass is 32.2. The first-order valence-electron chi connectivity index (χ1n) is 7.33. The summed E-state index contributed by atoms with van der Waals surface area (Å²) in [7, 11) is 0. The van der Waals surface area contributed by atoms with E-state index in [0.29, 0.717) is 16.8 Å². The minimum atomic E-state index is -1.00. The molecule has 2 aromatic rings. The van der Waals surface area contributed by atoms with E-state index in [4.69, 9.17) is 4.74 Å². The van der Waals surface area contributed by atoms with Crippen LogP contribution in [0.2, 0.25) is 0 Å². The molecule has 0 saturated carbocycles. The third-order valence-corrected chi connectivity index (χ3v) is 4.22. The maximum Gasteiger partial charge on any atom is 0.340 e. The van der Waals surface area contributed by atoms with Gasteiger partial charge in [0.25, 0.3) is 5.91 Å². The molecule has 0 spiro atoms. The number of aryl methyl sites for hydroxylation is 1. The summed E-state index contributed by atoms with van der Waals surface area (Å²) in [6.07, 6.45) is 0.852. The lowest BCUT2D eigenvalue weighted by molar-refractivity contribution is -0.123. The molecule has 0 aliphatic rings. The lowest BCUT2D eigenvalue weighted by Crippen LogP contribution is -2.30. The Balaban J connectivity index is 2.03. The Hall–Kier alpha value is -2.34. The van der Waals surface area contributed by atoms with Crippen molar-refractivity contribution in [2.75, 3.05) is 11.6 Å². The van der Waals surface area contributed by atoms with Gasteiger partial charge in [-0.05, 0) is 49.9 Å². The van der Waals surface area contributed by atoms with Crippen LogP contribution in [0.15, 0.2) is 47.4 Å². The molecule has 0 aromatic heterocycles. The molecule has 0 heterocycles. The number of carbonyl (C=O) groups is 2. The minimum absolute atomic E-state index is 0.315. The zero-order valence-corrected chi connectivity index (χ0v) is 14.4. The van der Waals surface area contributed by atoms with Crippen molar-refractivity contribution in [2.45, 2.75) is 24.8 Å². The number of benzene rings is 2. The zero-order valence-electron chi connectivity index (χ0n) is 13.6. The molecule has 0 fully saturated rings. The molecule has 0 aliphatic carbocycles. The van der Waals surface area contributed by atoms with E-state index >= 15 is 0 Å². The van der Waals surface area contributed by atoms with E-state index < -0.39 is 23.8 Å². The number of rotatable bonds is 5. The second-order valence-electron chi connectivity index (χ2n) is 5.20. The summed E-state index contributed by atoms with van der Waals surface area (Å²) in [4.78, 5) is 25.1. The van der Waals surface area contributed by atoms with Crippen LogP contribution in [0.5, 0.6) is 0 Å². The lowest BCUT2D eigenvalue weighted by atomic mass is 10.2. The Morgan fingerprint density at radius 2 is 1.92 bits per heavy atom. The van der Waals surface area contributed by atoms with Gasteiger partial charge in [0.1, 0.15) is 5.82 Å². The number of thioether (sulfide) groups is 1. The van der Waals surface area contributed by atoms with Gasteiger partial charge in [0.05, 0.1) is 5.56 Å². The molecule has 2 aromatic carbocycles. The molecule has 126 valence electrons. The van der Waals surface area contributed by atoms with Gasteiger partial charge in [-0.25, -0.2) is 9.18 Å². The molecule has 0 radical (unpaired) electrons. The van der Waals surface area contributed by atoms with Crippen LogP contribution in [0.25, 0.3) is 0 Å². The topological polar surface area (TPSA) is 55.4 Å². The smallest absolute Gasteiger partial charge is 0.340 e. The third-order valence-electron chi connectivity index (χ3n) is 3.42. The molecule has 6 heteroatoms. The summed E-state index contributed by atoms with van der Waals surface area (Å²) in [6, 6.07) is 11.4. The normalized spacial score (nSPS) is 11.7. The van der Waals surface area contributed by atoms with Crippen LogP contribution in [0.1, 0.15) is 22.8 Å². The van der Waals surface area contributed by atoms with Gasteiger partial charge in [0.15, 0.2) is 6.10 Å². The largest absolute Gasteiger partial charge is 0.449 e. The van der Waals surface area contributed by atoms with Crippen LogP contribution >= 0.6 is 11.8 Å². The molecular weight excluding hydrogens is 329 g/mol. The average molecular weight is 347 g/mol. The monoisotopic (exact) mass is 347 g/mol. The van der Waals surface area contributed by atoms with E-state index in [2.05, 4.69) is 5.32 Å². The number of hydrogen-bond acceptors (Lipinski definition) is 4. The van der Waals surface area contributed by atoms with Gasteiger partial charge >= 0.3 is 5.97 Å². The Bertz CT molecular complexity index is 764. The van der Waals surface area contributed by atoms with E-state index in [0.717, 1.165) is 4.90 Å². The van der Waals surface area contributed by atoms with Gasteiger partial charge in [-0.2, -0.15) is 0 Å². The standard InChI is InChI=1S/C18H18FNO3S/c1-11-8-9-13(10-15(11)19)20-17(21)12(2)23-18(22)14-6-4-5-7-16(14)24-3/h4-10,12H,1-3H3,(H,20,21)/t12-/m1/s1. The Labute approximate surface area is 144 Å².